The highest BCUT2D eigenvalue weighted by Crippen LogP contribution is 2.09. The van der Waals surface area contributed by atoms with E-state index in [1.165, 1.54) is 6.07 Å². The van der Waals surface area contributed by atoms with Gasteiger partial charge in [-0.2, -0.15) is 0 Å². The fourth-order valence-corrected chi connectivity index (χ4v) is 1.42. The molecule has 0 aliphatic rings. The van der Waals surface area contributed by atoms with E-state index in [-0.39, 0.29) is 12.4 Å². The minimum atomic E-state index is -0.572. The number of hydrogen-bond acceptors (Lipinski definition) is 6. The third-order valence-corrected chi connectivity index (χ3v) is 2.19. The number of alkyl carbamates (subject to hydrolysis) is 1. The maximum absolute atomic E-state index is 11.4. The Hall–Kier alpha value is -2.16. The van der Waals surface area contributed by atoms with Crippen LogP contribution in [0.15, 0.2) is 6.07 Å². The number of ether oxygens (including phenoxy) is 1. The summed E-state index contributed by atoms with van der Waals surface area (Å²) in [4.78, 5) is 21.3. The molecular formula is C11H19N5O4. The van der Waals surface area contributed by atoms with Gasteiger partial charge in [0.25, 0.3) is 0 Å². The molecule has 0 bridgehead atoms. The summed E-state index contributed by atoms with van der Waals surface area (Å²) in [5.74, 6) is -0.188. The fraction of sp³-hybridized carbons (Fsp3) is 0.636. The molecule has 0 aromatic carbocycles. The molecule has 1 heterocycles. The number of carbonyl (C=O) groups excluding carboxylic acids is 1. The largest absolute Gasteiger partial charge is 0.444 e. The van der Waals surface area contributed by atoms with Crippen LogP contribution < -0.4 is 11.1 Å². The van der Waals surface area contributed by atoms with Gasteiger partial charge in [0.2, 0.25) is 0 Å². The molecule has 0 saturated carbocycles. The Kier molecular flexibility index (Phi) is 5.03. The van der Waals surface area contributed by atoms with E-state index in [1.807, 2.05) is 0 Å². The monoisotopic (exact) mass is 285 g/mol. The summed E-state index contributed by atoms with van der Waals surface area (Å²) >= 11 is 0. The molecule has 4 N–H and O–H groups in total. The van der Waals surface area contributed by atoms with Gasteiger partial charge in [-0.3, -0.25) is 0 Å². The highest BCUT2D eigenvalue weighted by molar-refractivity contribution is 5.67. The summed E-state index contributed by atoms with van der Waals surface area (Å²) in [7, 11) is 0. The third kappa shape index (κ3) is 5.65. The van der Waals surface area contributed by atoms with Crippen LogP contribution in [0.4, 0.5) is 10.6 Å². The number of H-pyrrole nitrogens is 1. The molecule has 0 aliphatic carbocycles. The van der Waals surface area contributed by atoms with Crippen LogP contribution in [0.5, 0.6) is 0 Å². The zero-order valence-electron chi connectivity index (χ0n) is 11.7. The lowest BCUT2D eigenvalue weighted by molar-refractivity contribution is -0.389. The van der Waals surface area contributed by atoms with Gasteiger partial charge in [0.05, 0.1) is 11.8 Å². The van der Waals surface area contributed by atoms with E-state index < -0.39 is 22.7 Å². The molecule has 1 aromatic rings. The average Bonchev–Trinajstić information content (AvgIpc) is 2.72. The summed E-state index contributed by atoms with van der Waals surface area (Å²) < 4.78 is 5.06. The van der Waals surface area contributed by atoms with Crippen LogP contribution in [0.3, 0.4) is 0 Å². The van der Waals surface area contributed by atoms with Gasteiger partial charge in [-0.1, -0.05) is 5.10 Å². The molecule has 0 aliphatic heterocycles. The van der Waals surface area contributed by atoms with E-state index >= 15 is 0 Å². The maximum Gasteiger partial charge on any atom is 0.407 e. The van der Waals surface area contributed by atoms with Gasteiger partial charge >= 0.3 is 11.9 Å². The first-order chi connectivity index (χ1) is 9.17. The average molecular weight is 285 g/mol. The first-order valence-electron chi connectivity index (χ1n) is 6.08. The molecule has 0 radical (unpaired) electrons. The molecule has 9 heteroatoms. The number of hydrogen-bond donors (Lipinski definition) is 3. The van der Waals surface area contributed by atoms with E-state index in [0.717, 1.165) is 0 Å². The van der Waals surface area contributed by atoms with Crippen LogP contribution in [0.2, 0.25) is 0 Å². The van der Waals surface area contributed by atoms with E-state index in [9.17, 15) is 14.9 Å². The number of carbonyl (C=O) groups is 1. The summed E-state index contributed by atoms with van der Waals surface area (Å²) in [5.41, 5.74) is 5.70. The molecule has 1 amide bonds. The van der Waals surface area contributed by atoms with Crippen molar-refractivity contribution >= 4 is 11.9 Å². The Morgan fingerprint density at radius 1 is 1.65 bits per heavy atom. The van der Waals surface area contributed by atoms with Crippen molar-refractivity contribution in [2.45, 2.75) is 38.8 Å². The number of nitro groups is 1. The fourth-order valence-electron chi connectivity index (χ4n) is 1.42. The third-order valence-electron chi connectivity index (χ3n) is 2.19. The van der Waals surface area contributed by atoms with E-state index in [1.54, 1.807) is 20.8 Å². The number of nitrogens with zero attached hydrogens (tertiary/aromatic N) is 2. The Morgan fingerprint density at radius 3 is 2.80 bits per heavy atom. The SMILES string of the molecule is CC(C)(C)OC(=O)NCC(N)Cc1cc([N+](=O)[O-])[nH]n1. The second kappa shape index (κ2) is 6.33. The molecule has 20 heavy (non-hydrogen) atoms. The highest BCUT2D eigenvalue weighted by Gasteiger charge is 2.17. The van der Waals surface area contributed by atoms with Crippen LogP contribution in [-0.2, 0) is 11.2 Å². The number of rotatable bonds is 5. The molecule has 112 valence electrons. The Bertz CT molecular complexity index is 479. The highest BCUT2D eigenvalue weighted by atomic mass is 16.6. The topological polar surface area (TPSA) is 136 Å². The van der Waals surface area contributed by atoms with Gasteiger partial charge in [-0.05, 0) is 25.7 Å². The second-order valence-electron chi connectivity index (χ2n) is 5.35. The van der Waals surface area contributed by atoms with Gasteiger partial charge in [0.1, 0.15) is 5.60 Å². The number of nitrogens with one attached hydrogen (secondary N) is 2. The Labute approximate surface area is 116 Å². The first kappa shape index (κ1) is 15.9. The molecule has 1 rings (SSSR count). The predicted octanol–water partition coefficient (Wildman–Crippen LogP) is 0.712. The predicted molar refractivity (Wildman–Crippen MR) is 71.2 cm³/mol. The number of aromatic nitrogens is 2. The van der Waals surface area contributed by atoms with Crippen molar-refractivity contribution in [1.29, 1.82) is 0 Å². The van der Waals surface area contributed by atoms with Crippen molar-refractivity contribution in [2.75, 3.05) is 6.54 Å². The number of nitrogens with two attached hydrogens (primary N) is 1. The first-order valence-corrected chi connectivity index (χ1v) is 6.08. The van der Waals surface area contributed by atoms with E-state index in [0.29, 0.717) is 12.1 Å². The van der Waals surface area contributed by atoms with E-state index in [2.05, 4.69) is 15.5 Å². The normalized spacial score (nSPS) is 12.8. The lowest BCUT2D eigenvalue weighted by Crippen LogP contribution is -2.41. The number of aromatic amines is 1. The summed E-state index contributed by atoms with van der Waals surface area (Å²) in [5, 5.41) is 19.1. The zero-order chi connectivity index (χ0) is 15.3. The molecule has 0 spiro atoms. The molecular weight excluding hydrogens is 266 g/mol. The second-order valence-corrected chi connectivity index (χ2v) is 5.35. The van der Waals surface area contributed by atoms with Gasteiger partial charge in [0, 0.05) is 19.0 Å². The lowest BCUT2D eigenvalue weighted by atomic mass is 10.1. The van der Waals surface area contributed by atoms with Crippen molar-refractivity contribution in [3.8, 4) is 0 Å². The van der Waals surface area contributed by atoms with E-state index in [4.69, 9.17) is 10.5 Å². The van der Waals surface area contributed by atoms with Crippen molar-refractivity contribution in [1.82, 2.24) is 15.5 Å². The molecule has 0 fully saturated rings. The summed E-state index contributed by atoms with van der Waals surface area (Å²) in [6, 6.07) is 0.901. The van der Waals surface area contributed by atoms with Crippen molar-refractivity contribution < 1.29 is 14.5 Å². The quantitative estimate of drug-likeness (QED) is 0.538. The van der Waals surface area contributed by atoms with Crippen LogP contribution >= 0.6 is 0 Å². The van der Waals surface area contributed by atoms with Crippen molar-refractivity contribution in [3.05, 3.63) is 21.9 Å². The Morgan fingerprint density at radius 2 is 2.30 bits per heavy atom. The van der Waals surface area contributed by atoms with Gasteiger partial charge in [-0.25, -0.2) is 4.79 Å². The van der Waals surface area contributed by atoms with Crippen LogP contribution in [0.25, 0.3) is 0 Å². The summed E-state index contributed by atoms with van der Waals surface area (Å²) in [6.07, 6.45) is -0.249. The van der Waals surface area contributed by atoms with Gasteiger partial charge < -0.3 is 25.9 Å². The van der Waals surface area contributed by atoms with Crippen LogP contribution in [0, 0.1) is 10.1 Å². The minimum absolute atomic E-state index is 0.188. The van der Waals surface area contributed by atoms with Crippen LogP contribution in [0.1, 0.15) is 26.5 Å². The lowest BCUT2D eigenvalue weighted by Gasteiger charge is -2.20. The molecule has 1 aromatic heterocycles. The minimum Gasteiger partial charge on any atom is -0.444 e. The van der Waals surface area contributed by atoms with Gasteiger partial charge in [0.15, 0.2) is 0 Å². The smallest absolute Gasteiger partial charge is 0.407 e. The summed E-state index contributed by atoms with van der Waals surface area (Å²) in [6.45, 7) is 5.47. The molecule has 0 saturated heterocycles. The molecule has 1 atom stereocenters. The number of amides is 1. The van der Waals surface area contributed by atoms with Gasteiger partial charge in [-0.15, -0.1) is 5.10 Å². The van der Waals surface area contributed by atoms with Crippen molar-refractivity contribution in [2.24, 2.45) is 5.73 Å². The van der Waals surface area contributed by atoms with Crippen LogP contribution in [-0.4, -0.2) is 39.4 Å². The maximum atomic E-state index is 11.4. The van der Waals surface area contributed by atoms with Crippen molar-refractivity contribution in [3.63, 3.8) is 0 Å². The molecule has 9 nitrogen and oxygen atoms in total. The molecule has 1 unspecified atom stereocenters. The zero-order valence-corrected chi connectivity index (χ0v) is 11.7. The standard InChI is InChI=1S/C11H19N5O4/c1-11(2,3)20-10(17)13-6-7(12)4-8-5-9(15-14-8)16(18)19/h5,7H,4,6,12H2,1-3H3,(H,13,17)(H,14,15). The Balaban J connectivity index is 2.38.